The molecule has 0 radical (unpaired) electrons. The minimum atomic E-state index is 0.956. The highest BCUT2D eigenvalue weighted by molar-refractivity contribution is 7.10. The maximum Gasteiger partial charge on any atom is 0.165 e. The fourth-order valence-corrected chi connectivity index (χ4v) is 4.37. The van der Waals surface area contributed by atoms with Gasteiger partial charge in [-0.15, -0.1) is 21.5 Å². The van der Waals surface area contributed by atoms with Crippen LogP contribution in [0, 0.1) is 0 Å². The van der Waals surface area contributed by atoms with Gasteiger partial charge in [-0.2, -0.15) is 0 Å². The molecule has 0 aliphatic carbocycles. The van der Waals surface area contributed by atoms with Crippen molar-refractivity contribution in [2.75, 3.05) is 20.1 Å². The second kappa shape index (κ2) is 7.50. The quantitative estimate of drug-likeness (QED) is 0.679. The van der Waals surface area contributed by atoms with Crippen LogP contribution in [0.1, 0.15) is 22.7 Å². The first-order chi connectivity index (χ1) is 12.3. The van der Waals surface area contributed by atoms with Crippen molar-refractivity contribution in [3.8, 4) is 11.4 Å². The van der Waals surface area contributed by atoms with E-state index in [2.05, 4.69) is 68.5 Å². The SMILES string of the molecule is CN(CCc1ccccc1)CCc1nnc2n1CCCc1sccc1-2. The molecule has 0 atom stereocenters. The van der Waals surface area contributed by atoms with Crippen molar-refractivity contribution in [1.82, 2.24) is 19.7 Å². The lowest BCUT2D eigenvalue weighted by molar-refractivity contribution is 0.338. The van der Waals surface area contributed by atoms with Gasteiger partial charge >= 0.3 is 0 Å². The zero-order valence-electron chi connectivity index (χ0n) is 14.7. The number of hydrogen-bond acceptors (Lipinski definition) is 4. The molecule has 4 nitrogen and oxygen atoms in total. The number of aryl methyl sites for hydroxylation is 1. The lowest BCUT2D eigenvalue weighted by Gasteiger charge is -2.16. The van der Waals surface area contributed by atoms with E-state index < -0.39 is 0 Å². The summed E-state index contributed by atoms with van der Waals surface area (Å²) >= 11 is 1.84. The summed E-state index contributed by atoms with van der Waals surface area (Å²) in [6, 6.07) is 12.9. The fraction of sp³-hybridized carbons (Fsp3) is 0.400. The van der Waals surface area contributed by atoms with E-state index in [1.807, 2.05) is 11.3 Å². The summed E-state index contributed by atoms with van der Waals surface area (Å²) in [5.41, 5.74) is 2.69. The van der Waals surface area contributed by atoms with Crippen LogP contribution >= 0.6 is 11.3 Å². The van der Waals surface area contributed by atoms with Crippen molar-refractivity contribution in [3.63, 3.8) is 0 Å². The van der Waals surface area contributed by atoms with Gasteiger partial charge in [0.15, 0.2) is 5.82 Å². The second-order valence-corrected chi connectivity index (χ2v) is 7.74. The Morgan fingerprint density at radius 1 is 1.08 bits per heavy atom. The Morgan fingerprint density at radius 3 is 2.80 bits per heavy atom. The van der Waals surface area contributed by atoms with Gasteiger partial charge in [-0.1, -0.05) is 30.3 Å². The molecule has 1 aliphatic rings. The molecule has 130 valence electrons. The van der Waals surface area contributed by atoms with Crippen LogP contribution < -0.4 is 0 Å². The standard InChI is InChI=1S/C20H24N4S/c1-23(13-9-16-6-3-2-4-7-16)14-10-19-21-22-20-17-11-15-25-18(17)8-5-12-24(19)20/h2-4,6-7,11,15H,5,8-10,12-14H2,1H3. The monoisotopic (exact) mass is 352 g/mol. The Kier molecular flexibility index (Phi) is 4.95. The van der Waals surface area contributed by atoms with Gasteiger partial charge in [0.05, 0.1) is 0 Å². The number of hydrogen-bond donors (Lipinski definition) is 0. The summed E-state index contributed by atoms with van der Waals surface area (Å²) < 4.78 is 2.34. The van der Waals surface area contributed by atoms with E-state index in [-0.39, 0.29) is 0 Å². The number of fused-ring (bicyclic) bond motifs is 3. The first-order valence-corrected chi connectivity index (χ1v) is 9.90. The Balaban J connectivity index is 1.38. The van der Waals surface area contributed by atoms with Gasteiger partial charge in [0.2, 0.25) is 0 Å². The molecular formula is C20H24N4S. The maximum atomic E-state index is 4.50. The molecule has 0 amide bonds. The molecule has 0 saturated heterocycles. The average Bonchev–Trinajstić information content (AvgIpc) is 3.22. The number of aromatic nitrogens is 3. The van der Waals surface area contributed by atoms with Crippen molar-refractivity contribution in [2.45, 2.75) is 32.2 Å². The Bertz CT molecular complexity index is 821. The van der Waals surface area contributed by atoms with Crippen LogP contribution in [0.3, 0.4) is 0 Å². The largest absolute Gasteiger partial charge is 0.311 e. The van der Waals surface area contributed by atoms with Gasteiger partial charge in [0.1, 0.15) is 5.82 Å². The topological polar surface area (TPSA) is 34.0 Å². The van der Waals surface area contributed by atoms with Crippen molar-refractivity contribution in [1.29, 1.82) is 0 Å². The molecule has 0 unspecified atom stereocenters. The Labute approximate surface area is 153 Å². The predicted molar refractivity (Wildman–Crippen MR) is 103 cm³/mol. The smallest absolute Gasteiger partial charge is 0.165 e. The molecular weight excluding hydrogens is 328 g/mol. The number of likely N-dealkylation sites (N-methyl/N-ethyl adjacent to an activating group) is 1. The van der Waals surface area contributed by atoms with Gasteiger partial charge in [0.25, 0.3) is 0 Å². The summed E-state index contributed by atoms with van der Waals surface area (Å²) in [5, 5.41) is 11.2. The molecule has 4 rings (SSSR count). The number of benzene rings is 1. The third-order valence-corrected chi connectivity index (χ3v) is 5.92. The summed E-state index contributed by atoms with van der Waals surface area (Å²) in [5.74, 6) is 2.19. The van der Waals surface area contributed by atoms with Crippen LogP contribution in [0.5, 0.6) is 0 Å². The van der Waals surface area contributed by atoms with Gasteiger partial charge in [-0.05, 0) is 43.3 Å². The van der Waals surface area contributed by atoms with Crippen LogP contribution in [-0.2, 0) is 25.8 Å². The molecule has 0 fully saturated rings. The molecule has 0 bridgehead atoms. The number of nitrogens with zero attached hydrogens (tertiary/aromatic N) is 4. The van der Waals surface area contributed by atoms with E-state index in [9.17, 15) is 0 Å². The minimum Gasteiger partial charge on any atom is -0.311 e. The lowest BCUT2D eigenvalue weighted by Crippen LogP contribution is -2.25. The van der Waals surface area contributed by atoms with Crippen molar-refractivity contribution in [3.05, 3.63) is 58.0 Å². The van der Waals surface area contributed by atoms with Crippen molar-refractivity contribution >= 4 is 11.3 Å². The first kappa shape index (κ1) is 16.5. The Hall–Kier alpha value is -1.98. The van der Waals surface area contributed by atoms with Crippen LogP contribution in [0.15, 0.2) is 41.8 Å². The van der Waals surface area contributed by atoms with Crippen LogP contribution in [0.4, 0.5) is 0 Å². The van der Waals surface area contributed by atoms with Gasteiger partial charge in [-0.3, -0.25) is 0 Å². The molecule has 3 heterocycles. The molecule has 0 N–H and O–H groups in total. The Morgan fingerprint density at radius 2 is 1.92 bits per heavy atom. The average molecular weight is 353 g/mol. The van der Waals surface area contributed by atoms with Gasteiger partial charge < -0.3 is 9.47 Å². The number of thiophene rings is 1. The van der Waals surface area contributed by atoms with Gasteiger partial charge in [-0.25, -0.2) is 0 Å². The zero-order valence-corrected chi connectivity index (χ0v) is 15.5. The molecule has 1 aromatic carbocycles. The third kappa shape index (κ3) is 3.67. The molecule has 3 aromatic rings. The molecule has 2 aromatic heterocycles. The highest BCUT2D eigenvalue weighted by Crippen LogP contribution is 2.31. The maximum absolute atomic E-state index is 4.50. The molecule has 0 saturated carbocycles. The van der Waals surface area contributed by atoms with Gasteiger partial charge in [0, 0.05) is 36.5 Å². The zero-order chi connectivity index (χ0) is 17.1. The second-order valence-electron chi connectivity index (χ2n) is 6.74. The van der Waals surface area contributed by atoms with Crippen LogP contribution in [0.25, 0.3) is 11.4 Å². The normalized spacial score (nSPS) is 13.5. The fourth-order valence-electron chi connectivity index (χ4n) is 3.45. The van der Waals surface area contributed by atoms with E-state index in [0.717, 1.165) is 50.5 Å². The minimum absolute atomic E-state index is 0.956. The third-order valence-electron chi connectivity index (χ3n) is 4.94. The highest BCUT2D eigenvalue weighted by atomic mass is 32.1. The summed E-state index contributed by atoms with van der Waals surface area (Å²) in [4.78, 5) is 3.85. The molecule has 0 spiro atoms. The van der Waals surface area contributed by atoms with E-state index in [1.165, 1.54) is 22.4 Å². The molecule has 25 heavy (non-hydrogen) atoms. The summed E-state index contributed by atoms with van der Waals surface area (Å²) in [6.45, 7) is 3.12. The summed E-state index contributed by atoms with van der Waals surface area (Å²) in [6.07, 6.45) is 4.38. The number of rotatable bonds is 6. The van der Waals surface area contributed by atoms with E-state index >= 15 is 0 Å². The highest BCUT2D eigenvalue weighted by Gasteiger charge is 2.20. The van der Waals surface area contributed by atoms with Crippen LogP contribution in [0.2, 0.25) is 0 Å². The van der Waals surface area contributed by atoms with E-state index in [0.29, 0.717) is 0 Å². The first-order valence-electron chi connectivity index (χ1n) is 9.02. The van der Waals surface area contributed by atoms with Crippen LogP contribution in [-0.4, -0.2) is 39.8 Å². The molecule has 5 heteroatoms. The molecule has 1 aliphatic heterocycles. The predicted octanol–water partition coefficient (Wildman–Crippen LogP) is 3.67. The van der Waals surface area contributed by atoms with E-state index in [4.69, 9.17) is 0 Å². The summed E-state index contributed by atoms with van der Waals surface area (Å²) in [7, 11) is 2.19. The lowest BCUT2D eigenvalue weighted by atomic mass is 10.1. The van der Waals surface area contributed by atoms with Crippen molar-refractivity contribution in [2.24, 2.45) is 0 Å². The van der Waals surface area contributed by atoms with Crippen molar-refractivity contribution < 1.29 is 0 Å². The van der Waals surface area contributed by atoms with E-state index in [1.54, 1.807) is 0 Å².